The number of aromatic hydroxyl groups is 2. The fourth-order valence-electron chi connectivity index (χ4n) is 7.34. The van der Waals surface area contributed by atoms with E-state index in [0.29, 0.717) is 23.9 Å². The average Bonchev–Trinajstić information content (AvgIpc) is 3.28. The van der Waals surface area contributed by atoms with Crippen molar-refractivity contribution in [3.63, 3.8) is 0 Å². The number of hydrogen-bond acceptors (Lipinski definition) is 7. The van der Waals surface area contributed by atoms with Gasteiger partial charge in [0.15, 0.2) is 11.8 Å². The Labute approximate surface area is 233 Å². The average molecular weight is 566 g/mol. The van der Waals surface area contributed by atoms with Crippen LogP contribution in [0, 0.1) is 23.7 Å². The van der Waals surface area contributed by atoms with Gasteiger partial charge >= 0.3 is 0 Å². The summed E-state index contributed by atoms with van der Waals surface area (Å²) in [7, 11) is -4.07. The van der Waals surface area contributed by atoms with E-state index >= 15 is 0 Å². The van der Waals surface area contributed by atoms with Crippen molar-refractivity contribution in [2.24, 2.45) is 29.4 Å². The van der Waals surface area contributed by atoms with Gasteiger partial charge in [-0.15, -0.1) is 0 Å². The van der Waals surface area contributed by atoms with Crippen molar-refractivity contribution in [3.8, 4) is 17.6 Å². The first kappa shape index (κ1) is 26.8. The van der Waals surface area contributed by atoms with E-state index in [1.54, 1.807) is 24.3 Å². The zero-order chi connectivity index (χ0) is 28.1. The number of hydrogen-bond donors (Lipinski definition) is 5. The molecule has 2 heterocycles. The Morgan fingerprint density at radius 3 is 2.17 bits per heavy atom. The van der Waals surface area contributed by atoms with Crippen LogP contribution in [0.3, 0.4) is 0 Å². The Hall–Kier alpha value is -3.41. The summed E-state index contributed by atoms with van der Waals surface area (Å²) in [5, 5.41) is 22.9. The molecule has 4 bridgehead atoms. The zero-order valence-electron chi connectivity index (χ0n) is 22.1. The van der Waals surface area contributed by atoms with Crippen LogP contribution in [0.5, 0.6) is 11.8 Å². The number of nitrogens with one attached hydrogen (secondary N) is 2. The monoisotopic (exact) mass is 565 g/mol. The van der Waals surface area contributed by atoms with Gasteiger partial charge in [-0.05, 0) is 73.5 Å². The first-order valence-electron chi connectivity index (χ1n) is 13.8. The predicted octanol–water partition coefficient (Wildman–Crippen LogP) is 2.96. The van der Waals surface area contributed by atoms with E-state index in [2.05, 4.69) is 15.0 Å². The molecule has 0 unspecified atom stereocenters. The molecule has 40 heavy (non-hydrogen) atoms. The van der Waals surface area contributed by atoms with E-state index in [1.165, 1.54) is 30.7 Å². The second-order valence-corrected chi connectivity index (χ2v) is 13.4. The van der Waals surface area contributed by atoms with Gasteiger partial charge in [0, 0.05) is 36.8 Å². The van der Waals surface area contributed by atoms with Crippen molar-refractivity contribution in [2.75, 3.05) is 6.54 Å². The molecule has 2 aromatic heterocycles. The number of pyridine rings is 1. The molecule has 1 atom stereocenters. The third kappa shape index (κ3) is 4.97. The lowest BCUT2D eigenvalue weighted by molar-refractivity contribution is -0.123. The molecule has 1 amide bonds. The van der Waals surface area contributed by atoms with Gasteiger partial charge < -0.3 is 21.3 Å². The van der Waals surface area contributed by atoms with E-state index in [9.17, 15) is 23.4 Å². The number of sulfonamides is 1. The Morgan fingerprint density at radius 1 is 0.975 bits per heavy atom. The van der Waals surface area contributed by atoms with Crippen LogP contribution in [0.1, 0.15) is 50.1 Å². The highest BCUT2D eigenvalue weighted by Gasteiger charge is 2.55. The van der Waals surface area contributed by atoms with Crippen LogP contribution in [0.2, 0.25) is 0 Å². The lowest BCUT2D eigenvalue weighted by atomic mass is 9.49. The minimum Gasteiger partial charge on any atom is -0.494 e. The molecule has 10 nitrogen and oxygen atoms in total. The molecule has 212 valence electrons. The molecule has 0 aliphatic heterocycles. The van der Waals surface area contributed by atoms with Gasteiger partial charge in [-0.25, -0.2) is 22.7 Å². The number of carbonyl (C=O) groups is 1. The molecule has 1 aromatic carbocycles. The van der Waals surface area contributed by atoms with Gasteiger partial charge in [0.1, 0.15) is 10.7 Å². The minimum absolute atomic E-state index is 0.0868. The fourth-order valence-corrected chi connectivity index (χ4v) is 8.51. The van der Waals surface area contributed by atoms with Gasteiger partial charge in [-0.2, -0.15) is 0 Å². The molecule has 4 aliphatic rings. The van der Waals surface area contributed by atoms with Crippen LogP contribution < -0.4 is 15.8 Å². The largest absolute Gasteiger partial charge is 0.494 e. The van der Waals surface area contributed by atoms with Gasteiger partial charge in [0.2, 0.25) is 15.9 Å². The highest BCUT2D eigenvalue weighted by Crippen LogP contribution is 2.57. The lowest BCUT2D eigenvalue weighted by Gasteiger charge is -2.59. The quantitative estimate of drug-likeness (QED) is 0.267. The van der Waals surface area contributed by atoms with E-state index < -0.39 is 21.6 Å². The van der Waals surface area contributed by atoms with Crippen LogP contribution >= 0.6 is 0 Å². The number of aromatic nitrogens is 2. The molecule has 11 heteroatoms. The van der Waals surface area contributed by atoms with Crippen LogP contribution in [0.25, 0.3) is 5.82 Å². The number of rotatable bonds is 9. The second-order valence-electron chi connectivity index (χ2n) is 11.7. The van der Waals surface area contributed by atoms with Gasteiger partial charge in [0.05, 0.1) is 6.04 Å². The summed E-state index contributed by atoms with van der Waals surface area (Å²) in [6.07, 6.45) is 6.94. The van der Waals surface area contributed by atoms with Crippen molar-refractivity contribution in [2.45, 2.75) is 55.0 Å². The normalized spacial score (nSPS) is 27.9. The number of nitrogens with two attached hydrogens (primary N) is 1. The number of amides is 1. The number of nitrogens with zero attached hydrogens (tertiary/aromatic N) is 2. The Kier molecular flexibility index (Phi) is 6.84. The first-order valence-corrected chi connectivity index (χ1v) is 15.3. The predicted molar refractivity (Wildman–Crippen MR) is 148 cm³/mol. The summed E-state index contributed by atoms with van der Waals surface area (Å²) in [5.41, 5.74) is 7.21. The third-order valence-electron chi connectivity index (χ3n) is 9.24. The van der Waals surface area contributed by atoms with Crippen molar-refractivity contribution < 1.29 is 23.4 Å². The van der Waals surface area contributed by atoms with Crippen LogP contribution in [-0.2, 0) is 14.8 Å². The number of carbonyl (C=O) groups excluding carboxylic acids is 1. The highest BCUT2D eigenvalue weighted by molar-refractivity contribution is 7.89. The van der Waals surface area contributed by atoms with E-state index in [4.69, 9.17) is 5.73 Å². The topological polar surface area (TPSA) is 160 Å². The zero-order valence-corrected chi connectivity index (χ0v) is 22.9. The van der Waals surface area contributed by atoms with Gasteiger partial charge in [0.25, 0.3) is 0 Å². The molecule has 6 N–H and O–H groups in total. The maximum Gasteiger partial charge on any atom is 0.242 e. The molecular formula is C29H35N5O5S. The molecule has 4 fully saturated rings. The van der Waals surface area contributed by atoms with Crippen molar-refractivity contribution in [1.82, 2.24) is 19.6 Å². The van der Waals surface area contributed by atoms with Crippen molar-refractivity contribution in [3.05, 3.63) is 66.4 Å². The fraction of sp³-hybridized carbons (Fsp3) is 0.448. The Morgan fingerprint density at radius 2 is 1.60 bits per heavy atom. The molecule has 4 saturated carbocycles. The summed E-state index contributed by atoms with van der Waals surface area (Å²) in [5.74, 6) is 1.82. The standard InChI is InChI=1S/C29H35N5O5S/c30-29(21-11-18-10-19(13-21)14-22(29)12-18)17-32-26(35)15-24(20-4-2-1-3-5-20)33-40(38,39)23-6-7-25(31-16-23)34-27(36)8-9-28(34)37/h1-9,16,18-19,21-22,24,33,36-37H,10-15,17,30H2,(H,32,35)/t18?,19?,21?,22?,24-,29?/m0/s1. The van der Waals surface area contributed by atoms with Gasteiger partial charge in [-0.1, -0.05) is 30.3 Å². The second kappa shape index (κ2) is 10.2. The molecule has 0 saturated heterocycles. The SMILES string of the molecule is NC1(CNC(=O)C[C@H](NS(=O)(=O)c2ccc(-n3c(O)ccc3O)nc2)c2ccccc2)C2CC3CC(C2)CC1C3. The molecule has 7 rings (SSSR count). The molecule has 0 spiro atoms. The van der Waals surface area contributed by atoms with Crippen molar-refractivity contribution in [1.29, 1.82) is 0 Å². The minimum atomic E-state index is -4.07. The Balaban J connectivity index is 1.16. The molecule has 3 aromatic rings. The van der Waals surface area contributed by atoms with E-state index in [-0.39, 0.29) is 34.8 Å². The molecule has 0 radical (unpaired) electrons. The smallest absolute Gasteiger partial charge is 0.242 e. The summed E-state index contributed by atoms with van der Waals surface area (Å²) >= 11 is 0. The van der Waals surface area contributed by atoms with Crippen LogP contribution in [0.4, 0.5) is 0 Å². The Bertz CT molecular complexity index is 1440. The highest BCUT2D eigenvalue weighted by atomic mass is 32.2. The van der Waals surface area contributed by atoms with Crippen LogP contribution in [-0.4, -0.2) is 46.2 Å². The molecule has 4 aliphatic carbocycles. The lowest BCUT2D eigenvalue weighted by Crippen LogP contribution is -2.67. The maximum atomic E-state index is 13.3. The van der Waals surface area contributed by atoms with Crippen molar-refractivity contribution >= 4 is 15.9 Å². The first-order chi connectivity index (χ1) is 19.1. The summed E-state index contributed by atoms with van der Waals surface area (Å²) in [6, 6.07) is 13.5. The van der Waals surface area contributed by atoms with Gasteiger partial charge in [-0.3, -0.25) is 4.79 Å². The van der Waals surface area contributed by atoms with E-state index in [0.717, 1.165) is 48.3 Å². The summed E-state index contributed by atoms with van der Waals surface area (Å²) in [6.45, 7) is 0.402. The van der Waals surface area contributed by atoms with E-state index in [1.807, 2.05) is 6.07 Å². The number of benzene rings is 1. The maximum absolute atomic E-state index is 13.3. The summed E-state index contributed by atoms with van der Waals surface area (Å²) in [4.78, 5) is 17.2. The summed E-state index contributed by atoms with van der Waals surface area (Å²) < 4.78 is 30.4. The molecular weight excluding hydrogens is 530 g/mol. The van der Waals surface area contributed by atoms with Crippen LogP contribution in [0.15, 0.2) is 65.7 Å². The third-order valence-corrected chi connectivity index (χ3v) is 10.7.